The summed E-state index contributed by atoms with van der Waals surface area (Å²) in [5.41, 5.74) is 0.887. The minimum absolute atomic E-state index is 0.00143. The molecule has 3 N–H and O–H groups in total. The van der Waals surface area contributed by atoms with Crippen LogP contribution in [-0.4, -0.2) is 44.6 Å². The summed E-state index contributed by atoms with van der Waals surface area (Å²) >= 11 is 6.22. The van der Waals surface area contributed by atoms with E-state index < -0.39 is 40.7 Å². The number of hydrogen-bond donors (Lipinski definition) is 3. The monoisotopic (exact) mass is 511 g/mol. The number of rotatable bonds is 4. The quantitative estimate of drug-likeness (QED) is 0.488. The number of fused-ring (bicyclic) bond motifs is 2. The molecule has 9 nitrogen and oxygen atoms in total. The van der Waals surface area contributed by atoms with Gasteiger partial charge in [0.15, 0.2) is 0 Å². The summed E-state index contributed by atoms with van der Waals surface area (Å²) in [6.45, 7) is 5.52. The Morgan fingerprint density at radius 3 is 2.53 bits per heavy atom. The van der Waals surface area contributed by atoms with Crippen LogP contribution < -0.4 is 10.9 Å². The van der Waals surface area contributed by atoms with E-state index in [1.165, 1.54) is 17.0 Å². The molecular formula is C26H26ClN3O6. The third-order valence-corrected chi connectivity index (χ3v) is 6.08. The lowest BCUT2D eigenvalue weighted by molar-refractivity contribution is -0.127. The van der Waals surface area contributed by atoms with Crippen molar-refractivity contribution in [3.63, 3.8) is 0 Å². The van der Waals surface area contributed by atoms with Gasteiger partial charge in [0.1, 0.15) is 17.2 Å². The van der Waals surface area contributed by atoms with Crippen LogP contribution in [-0.2, 0) is 29.0 Å². The molecule has 36 heavy (non-hydrogen) atoms. The summed E-state index contributed by atoms with van der Waals surface area (Å²) in [4.78, 5) is 53.9. The molecule has 0 radical (unpaired) electrons. The Labute approximate surface area is 212 Å². The largest absolute Gasteiger partial charge is 0.477 e. The lowest BCUT2D eigenvalue weighted by atomic mass is 9.93. The van der Waals surface area contributed by atoms with Crippen molar-refractivity contribution in [2.75, 3.05) is 0 Å². The third-order valence-electron chi connectivity index (χ3n) is 5.86. The number of carbonyl (C=O) groups is 3. The first-order valence-electron chi connectivity index (χ1n) is 11.4. The van der Waals surface area contributed by atoms with Crippen LogP contribution in [0.5, 0.6) is 0 Å². The highest BCUT2D eigenvalue weighted by Crippen LogP contribution is 2.26. The average molecular weight is 512 g/mol. The first-order chi connectivity index (χ1) is 16.9. The van der Waals surface area contributed by atoms with Gasteiger partial charge in [-0.3, -0.25) is 14.5 Å². The van der Waals surface area contributed by atoms with E-state index in [4.69, 9.17) is 16.3 Å². The predicted molar refractivity (Wildman–Crippen MR) is 134 cm³/mol. The molecule has 2 aromatic carbocycles. The van der Waals surface area contributed by atoms with Crippen molar-refractivity contribution < 1.29 is 24.2 Å². The van der Waals surface area contributed by atoms with E-state index in [-0.39, 0.29) is 13.1 Å². The van der Waals surface area contributed by atoms with Crippen LogP contribution in [0.2, 0.25) is 5.02 Å². The summed E-state index contributed by atoms with van der Waals surface area (Å²) in [7, 11) is 0. The second-order valence-corrected chi connectivity index (χ2v) is 10.1. The van der Waals surface area contributed by atoms with Crippen molar-refractivity contribution in [2.24, 2.45) is 0 Å². The average Bonchev–Trinajstić information content (AvgIpc) is 2.80. The van der Waals surface area contributed by atoms with Crippen molar-refractivity contribution in [3.8, 4) is 0 Å². The van der Waals surface area contributed by atoms with Crippen LogP contribution in [0.25, 0.3) is 10.9 Å². The van der Waals surface area contributed by atoms with Crippen LogP contribution in [0.3, 0.4) is 0 Å². The molecule has 1 atom stereocenters. The highest BCUT2D eigenvalue weighted by atomic mass is 35.5. The molecule has 1 aromatic heterocycles. The molecule has 2 amide bonds. The van der Waals surface area contributed by atoms with E-state index in [2.05, 4.69) is 10.3 Å². The van der Waals surface area contributed by atoms with Crippen LogP contribution in [0.4, 0.5) is 4.79 Å². The van der Waals surface area contributed by atoms with Crippen molar-refractivity contribution in [3.05, 3.63) is 80.1 Å². The number of aromatic amines is 1. The minimum Gasteiger partial charge on any atom is -0.477 e. The first kappa shape index (κ1) is 25.2. The molecule has 1 unspecified atom stereocenters. The van der Waals surface area contributed by atoms with Crippen molar-refractivity contribution >= 4 is 40.5 Å². The van der Waals surface area contributed by atoms with Gasteiger partial charge in [-0.2, -0.15) is 0 Å². The molecule has 188 valence electrons. The van der Waals surface area contributed by atoms with E-state index >= 15 is 0 Å². The first-order valence-corrected chi connectivity index (χ1v) is 11.7. The van der Waals surface area contributed by atoms with E-state index in [9.17, 15) is 24.3 Å². The molecule has 0 saturated heterocycles. The number of aromatic carboxylic acids is 1. The van der Waals surface area contributed by atoms with Crippen LogP contribution in [0.15, 0.2) is 47.3 Å². The maximum atomic E-state index is 13.3. The smallest absolute Gasteiger partial charge is 0.411 e. The Morgan fingerprint density at radius 1 is 1.17 bits per heavy atom. The lowest BCUT2D eigenvalue weighted by Gasteiger charge is -2.36. The molecule has 0 saturated carbocycles. The van der Waals surface area contributed by atoms with Gasteiger partial charge in [-0.1, -0.05) is 35.9 Å². The fourth-order valence-corrected chi connectivity index (χ4v) is 4.47. The van der Waals surface area contributed by atoms with Crippen molar-refractivity contribution in [1.29, 1.82) is 0 Å². The van der Waals surface area contributed by atoms with Gasteiger partial charge in [-0.25, -0.2) is 9.59 Å². The van der Waals surface area contributed by atoms with Crippen LogP contribution >= 0.6 is 11.6 Å². The predicted octanol–water partition coefficient (Wildman–Crippen LogP) is 3.86. The Bertz CT molecular complexity index is 1430. The van der Waals surface area contributed by atoms with Gasteiger partial charge in [0.2, 0.25) is 5.91 Å². The van der Waals surface area contributed by atoms with Gasteiger partial charge < -0.3 is 20.1 Å². The lowest BCUT2D eigenvalue weighted by Crippen LogP contribution is -2.53. The zero-order valence-electron chi connectivity index (χ0n) is 20.1. The van der Waals surface area contributed by atoms with Gasteiger partial charge in [-0.05, 0) is 55.7 Å². The maximum Gasteiger partial charge on any atom is 0.411 e. The molecule has 10 heteroatoms. The number of carboxylic acid groups (broad SMARTS) is 1. The minimum atomic E-state index is -1.35. The van der Waals surface area contributed by atoms with Gasteiger partial charge in [-0.15, -0.1) is 0 Å². The number of aromatic nitrogens is 1. The van der Waals surface area contributed by atoms with E-state index in [1.54, 1.807) is 26.8 Å². The summed E-state index contributed by atoms with van der Waals surface area (Å²) < 4.78 is 5.55. The summed E-state index contributed by atoms with van der Waals surface area (Å²) in [6, 6.07) is 11.2. The van der Waals surface area contributed by atoms with Gasteiger partial charge in [0.05, 0.1) is 12.1 Å². The second kappa shape index (κ2) is 9.66. The summed E-state index contributed by atoms with van der Waals surface area (Å²) in [6.07, 6.45) is -0.271. The third kappa shape index (κ3) is 5.36. The summed E-state index contributed by atoms with van der Waals surface area (Å²) in [5, 5.41) is 12.8. The number of carboxylic acids is 1. The number of H-pyrrole nitrogens is 1. The molecular weight excluding hydrogens is 486 g/mol. The Morgan fingerprint density at radius 2 is 1.86 bits per heavy atom. The highest BCUT2D eigenvalue weighted by molar-refractivity contribution is 6.31. The number of ether oxygens (including phenoxy) is 1. The number of nitrogens with one attached hydrogen (secondary N) is 2. The second-order valence-electron chi connectivity index (χ2n) is 9.66. The fraction of sp³-hybridized carbons (Fsp3) is 0.308. The molecule has 0 spiro atoms. The number of benzene rings is 2. The molecule has 4 rings (SSSR count). The topological polar surface area (TPSA) is 129 Å². The molecule has 2 heterocycles. The molecule has 1 aliphatic rings. The molecule has 0 bridgehead atoms. The van der Waals surface area contributed by atoms with Gasteiger partial charge in [0.25, 0.3) is 5.56 Å². The number of pyridine rings is 1. The fourth-order valence-electron chi connectivity index (χ4n) is 4.22. The van der Waals surface area contributed by atoms with Crippen molar-refractivity contribution in [1.82, 2.24) is 15.2 Å². The van der Waals surface area contributed by atoms with E-state index in [0.717, 1.165) is 11.1 Å². The zero-order valence-corrected chi connectivity index (χ0v) is 20.8. The van der Waals surface area contributed by atoms with Gasteiger partial charge >= 0.3 is 12.1 Å². The highest BCUT2D eigenvalue weighted by Gasteiger charge is 2.36. The molecule has 0 fully saturated rings. The Balaban J connectivity index is 1.61. The zero-order chi connectivity index (χ0) is 26.2. The number of amides is 2. The van der Waals surface area contributed by atoms with Gasteiger partial charge in [0, 0.05) is 23.4 Å². The normalized spacial score (nSPS) is 15.3. The Kier molecular flexibility index (Phi) is 6.77. The number of halogens is 1. The van der Waals surface area contributed by atoms with E-state index in [1.807, 2.05) is 24.3 Å². The van der Waals surface area contributed by atoms with Crippen molar-refractivity contribution in [2.45, 2.75) is 51.9 Å². The number of carbonyl (C=O) groups excluding carboxylic acids is 2. The number of hydrogen-bond acceptors (Lipinski definition) is 5. The standard InChI is InChI=1S/C26H26ClN3O6/c1-26(2,3)36-25(35)30-13-15-7-5-4-6-14(15)11-20(30)23(32)28-12-17-9-18(27)8-16-10-19(24(33)34)22(31)29-21(16)17/h4-10,20H,11-13H2,1-3H3,(H,28,32)(H,29,31)(H,33,34). The maximum absolute atomic E-state index is 13.3. The molecule has 1 aliphatic heterocycles. The van der Waals surface area contributed by atoms with Crippen LogP contribution in [0, 0.1) is 0 Å². The van der Waals surface area contributed by atoms with E-state index in [0.29, 0.717) is 27.9 Å². The summed E-state index contributed by atoms with van der Waals surface area (Å²) in [5.74, 6) is -1.75. The SMILES string of the molecule is CC(C)(C)OC(=O)N1Cc2ccccc2CC1C(=O)NCc1cc(Cl)cc2cc(C(=O)O)c(=O)[nH]c12. The Hall–Kier alpha value is -3.85. The van der Waals surface area contributed by atoms with Crippen LogP contribution in [0.1, 0.15) is 47.8 Å². The number of nitrogens with zero attached hydrogens (tertiary/aromatic N) is 1. The molecule has 0 aliphatic carbocycles. The molecule has 3 aromatic rings.